The highest BCUT2D eigenvalue weighted by Gasteiger charge is 2.18. The smallest absolute Gasteiger partial charge is 0.222 e. The van der Waals surface area contributed by atoms with Crippen molar-refractivity contribution in [2.24, 2.45) is 0 Å². The van der Waals surface area contributed by atoms with Gasteiger partial charge in [-0.1, -0.05) is 18.2 Å². The van der Waals surface area contributed by atoms with Gasteiger partial charge in [0.05, 0.1) is 6.61 Å². The van der Waals surface area contributed by atoms with Gasteiger partial charge in [-0.3, -0.25) is 9.69 Å². The second-order valence-electron chi connectivity index (χ2n) is 5.43. The molecule has 1 aliphatic heterocycles. The minimum absolute atomic E-state index is 0.143. The Morgan fingerprint density at radius 1 is 1.14 bits per heavy atom. The highest BCUT2D eigenvalue weighted by Crippen LogP contribution is 2.18. The number of aliphatic hydroxyl groups excluding tert-OH is 1. The van der Waals surface area contributed by atoms with Crippen LogP contribution in [0.2, 0.25) is 0 Å². The normalized spacial score (nSPS) is 16.7. The topological polar surface area (TPSA) is 64.0 Å². The van der Waals surface area contributed by atoms with Crippen molar-refractivity contribution in [3.63, 3.8) is 0 Å². The van der Waals surface area contributed by atoms with E-state index in [1.165, 1.54) is 0 Å². The maximum absolute atomic E-state index is 12.3. The minimum atomic E-state index is 0.143. The van der Waals surface area contributed by atoms with Crippen molar-refractivity contribution in [3.8, 4) is 5.75 Å². The molecule has 0 unspecified atom stereocenters. The fraction of sp³-hybridized carbons (Fsp3) is 0.562. The number of carbonyl (C=O) groups excluding carboxylic acids is 1. The Bertz CT molecular complexity index is 465. The van der Waals surface area contributed by atoms with Crippen LogP contribution < -0.4 is 0 Å². The zero-order valence-corrected chi connectivity index (χ0v) is 12.4. The first-order chi connectivity index (χ1) is 10.2. The average Bonchev–Trinajstić information content (AvgIpc) is 2.72. The molecular weight excluding hydrogens is 268 g/mol. The third-order valence-corrected chi connectivity index (χ3v) is 3.96. The Balaban J connectivity index is 1.82. The molecule has 1 aromatic carbocycles. The molecule has 0 bridgehead atoms. The number of phenolic OH excluding ortho intramolecular Hbond substituents is 1. The van der Waals surface area contributed by atoms with E-state index < -0.39 is 0 Å². The zero-order valence-electron chi connectivity index (χ0n) is 12.4. The van der Waals surface area contributed by atoms with E-state index in [9.17, 15) is 9.90 Å². The van der Waals surface area contributed by atoms with Crippen LogP contribution in [-0.4, -0.2) is 65.3 Å². The number of aliphatic hydroxyl groups is 1. The first-order valence-electron chi connectivity index (χ1n) is 7.58. The Morgan fingerprint density at radius 2 is 1.95 bits per heavy atom. The van der Waals surface area contributed by atoms with Crippen molar-refractivity contribution in [1.29, 1.82) is 0 Å². The van der Waals surface area contributed by atoms with Gasteiger partial charge in [0, 0.05) is 32.6 Å². The Hall–Kier alpha value is -1.59. The number of aryl methyl sites for hydroxylation is 1. The predicted octanol–water partition coefficient (Wildman–Crippen LogP) is 0.851. The van der Waals surface area contributed by atoms with E-state index in [1.54, 1.807) is 12.1 Å². The van der Waals surface area contributed by atoms with Crippen LogP contribution in [0.3, 0.4) is 0 Å². The van der Waals surface area contributed by atoms with Crippen LogP contribution in [0.25, 0.3) is 0 Å². The number of hydrogen-bond acceptors (Lipinski definition) is 4. The fourth-order valence-corrected chi connectivity index (χ4v) is 2.71. The van der Waals surface area contributed by atoms with Gasteiger partial charge < -0.3 is 15.1 Å². The van der Waals surface area contributed by atoms with E-state index in [4.69, 9.17) is 5.11 Å². The molecule has 116 valence electrons. The van der Waals surface area contributed by atoms with Crippen molar-refractivity contribution < 1.29 is 15.0 Å². The van der Waals surface area contributed by atoms with Gasteiger partial charge in [0.15, 0.2) is 0 Å². The first-order valence-corrected chi connectivity index (χ1v) is 7.58. The highest BCUT2D eigenvalue weighted by atomic mass is 16.3. The van der Waals surface area contributed by atoms with Gasteiger partial charge in [-0.25, -0.2) is 0 Å². The maximum Gasteiger partial charge on any atom is 0.222 e. The fourth-order valence-electron chi connectivity index (χ4n) is 2.71. The van der Waals surface area contributed by atoms with Gasteiger partial charge in [-0.05, 0) is 31.0 Å². The summed E-state index contributed by atoms with van der Waals surface area (Å²) < 4.78 is 0. The van der Waals surface area contributed by atoms with Gasteiger partial charge in [0.25, 0.3) is 0 Å². The molecular formula is C16H24N2O3. The quantitative estimate of drug-likeness (QED) is 0.844. The zero-order chi connectivity index (χ0) is 15.1. The number of phenols is 1. The van der Waals surface area contributed by atoms with E-state index in [2.05, 4.69) is 4.90 Å². The number of β-amino-alcohol motifs (C(OH)–C–C–N with tert-alkyl or cyclic N) is 1. The predicted molar refractivity (Wildman–Crippen MR) is 81.2 cm³/mol. The second-order valence-corrected chi connectivity index (χ2v) is 5.43. The largest absolute Gasteiger partial charge is 0.508 e. The highest BCUT2D eigenvalue weighted by molar-refractivity contribution is 5.76. The van der Waals surface area contributed by atoms with Crippen LogP contribution in [-0.2, 0) is 11.2 Å². The SMILES string of the molecule is O=C(CCc1ccccc1O)N1CCCN(CCO)CC1. The van der Waals surface area contributed by atoms with Gasteiger partial charge in [0.2, 0.25) is 5.91 Å². The first kappa shape index (κ1) is 15.8. The molecule has 1 fully saturated rings. The van der Waals surface area contributed by atoms with Gasteiger partial charge in [-0.15, -0.1) is 0 Å². The molecule has 0 atom stereocenters. The molecule has 0 radical (unpaired) electrons. The van der Waals surface area contributed by atoms with Crippen molar-refractivity contribution in [1.82, 2.24) is 9.80 Å². The molecule has 0 aliphatic carbocycles. The molecule has 1 saturated heterocycles. The van der Waals surface area contributed by atoms with Crippen LogP contribution in [0.5, 0.6) is 5.75 Å². The molecule has 5 heteroatoms. The summed E-state index contributed by atoms with van der Waals surface area (Å²) >= 11 is 0. The molecule has 21 heavy (non-hydrogen) atoms. The van der Waals surface area contributed by atoms with E-state index in [0.717, 1.165) is 38.2 Å². The molecule has 0 aromatic heterocycles. The molecule has 2 N–H and O–H groups in total. The van der Waals surface area contributed by atoms with E-state index in [-0.39, 0.29) is 18.3 Å². The monoisotopic (exact) mass is 292 g/mol. The summed E-state index contributed by atoms with van der Waals surface area (Å²) in [4.78, 5) is 16.4. The summed E-state index contributed by atoms with van der Waals surface area (Å²) in [7, 11) is 0. The summed E-state index contributed by atoms with van der Waals surface area (Å²) in [5.74, 6) is 0.402. The lowest BCUT2D eigenvalue weighted by Crippen LogP contribution is -2.36. The number of nitrogens with zero attached hydrogens (tertiary/aromatic N) is 2. The van der Waals surface area contributed by atoms with Crippen molar-refractivity contribution in [3.05, 3.63) is 29.8 Å². The summed E-state index contributed by atoms with van der Waals surface area (Å²) in [5.41, 5.74) is 0.822. The van der Waals surface area contributed by atoms with E-state index >= 15 is 0 Å². The molecule has 1 heterocycles. The molecule has 0 saturated carbocycles. The van der Waals surface area contributed by atoms with Crippen LogP contribution in [0.1, 0.15) is 18.4 Å². The lowest BCUT2D eigenvalue weighted by molar-refractivity contribution is -0.131. The molecule has 1 aliphatic rings. The number of aromatic hydroxyl groups is 1. The van der Waals surface area contributed by atoms with Crippen LogP contribution in [0.15, 0.2) is 24.3 Å². The Labute approximate surface area is 125 Å². The Morgan fingerprint density at radius 3 is 2.71 bits per heavy atom. The summed E-state index contributed by atoms with van der Waals surface area (Å²) in [6.07, 6.45) is 1.95. The van der Waals surface area contributed by atoms with Gasteiger partial charge in [-0.2, -0.15) is 0 Å². The lowest BCUT2D eigenvalue weighted by atomic mass is 10.1. The molecule has 2 rings (SSSR count). The van der Waals surface area contributed by atoms with Crippen LogP contribution in [0.4, 0.5) is 0 Å². The third-order valence-electron chi connectivity index (χ3n) is 3.96. The number of benzene rings is 1. The van der Waals surface area contributed by atoms with Crippen molar-refractivity contribution >= 4 is 5.91 Å². The summed E-state index contributed by atoms with van der Waals surface area (Å²) in [6.45, 7) is 4.11. The summed E-state index contributed by atoms with van der Waals surface area (Å²) in [6, 6.07) is 7.16. The number of amides is 1. The minimum Gasteiger partial charge on any atom is -0.508 e. The summed E-state index contributed by atoms with van der Waals surface area (Å²) in [5, 5.41) is 18.7. The van der Waals surface area contributed by atoms with Crippen LogP contribution in [0, 0.1) is 0 Å². The molecule has 1 aromatic rings. The standard InChI is InChI=1S/C16H24N2O3/c19-13-12-17-8-3-9-18(11-10-17)16(21)7-6-14-4-1-2-5-15(14)20/h1-2,4-5,19-20H,3,6-13H2. The number of carbonyl (C=O) groups is 1. The number of rotatable bonds is 5. The van der Waals surface area contributed by atoms with Crippen LogP contribution >= 0.6 is 0 Å². The number of hydrogen-bond donors (Lipinski definition) is 2. The van der Waals surface area contributed by atoms with Crippen molar-refractivity contribution in [2.75, 3.05) is 39.3 Å². The average molecular weight is 292 g/mol. The van der Waals surface area contributed by atoms with Gasteiger partial charge >= 0.3 is 0 Å². The Kier molecular flexibility index (Phi) is 6.02. The van der Waals surface area contributed by atoms with E-state index in [1.807, 2.05) is 17.0 Å². The lowest BCUT2D eigenvalue weighted by Gasteiger charge is -2.21. The second kappa shape index (κ2) is 8.00. The number of para-hydroxylation sites is 1. The maximum atomic E-state index is 12.3. The third kappa shape index (κ3) is 4.72. The van der Waals surface area contributed by atoms with E-state index in [0.29, 0.717) is 19.4 Å². The molecule has 5 nitrogen and oxygen atoms in total. The van der Waals surface area contributed by atoms with Crippen molar-refractivity contribution in [2.45, 2.75) is 19.3 Å². The molecule has 0 spiro atoms. The van der Waals surface area contributed by atoms with Gasteiger partial charge in [0.1, 0.15) is 5.75 Å². The molecule has 1 amide bonds.